The minimum absolute atomic E-state index is 0. The second-order valence-electron chi connectivity index (χ2n) is 12.7. The van der Waals surface area contributed by atoms with Gasteiger partial charge in [0.2, 0.25) is 0 Å². The largest absolute Gasteiger partial charge is 0.396 e. The van der Waals surface area contributed by atoms with Crippen molar-refractivity contribution in [3.63, 3.8) is 0 Å². The topological polar surface area (TPSA) is 40.5 Å². The van der Waals surface area contributed by atoms with Crippen LogP contribution in [0, 0.1) is 12.1 Å². The van der Waals surface area contributed by atoms with E-state index in [0.29, 0.717) is 12.8 Å². The number of hydrogen-bond donors (Lipinski definition) is 2. The van der Waals surface area contributed by atoms with Gasteiger partial charge in [-0.25, -0.2) is 0 Å². The average Bonchev–Trinajstić information content (AvgIpc) is 3.28. The fraction of sp³-hybridized carbons (Fsp3) is 0.0769. The molecule has 0 radical (unpaired) electrons. The number of aliphatic hydroxyl groups is 2. The van der Waals surface area contributed by atoms with Crippen molar-refractivity contribution in [3.05, 3.63) is 254 Å². The van der Waals surface area contributed by atoms with Crippen molar-refractivity contribution >= 4 is 47.7 Å². The summed E-state index contributed by atoms with van der Waals surface area (Å²) < 4.78 is 0. The summed E-state index contributed by atoms with van der Waals surface area (Å²) >= 11 is 0. The van der Waals surface area contributed by atoms with E-state index in [9.17, 15) is 0 Å². The first-order valence-electron chi connectivity index (χ1n) is 19.0. The van der Waals surface area contributed by atoms with Crippen molar-refractivity contribution in [3.8, 4) is 0 Å². The molecule has 0 saturated carbocycles. The van der Waals surface area contributed by atoms with Gasteiger partial charge in [0, 0.05) is 54.1 Å². The van der Waals surface area contributed by atoms with Gasteiger partial charge in [-0.1, -0.05) is 109 Å². The van der Waals surface area contributed by atoms with Crippen LogP contribution in [0.3, 0.4) is 0 Å². The normalized spacial score (nSPS) is 9.86. The van der Waals surface area contributed by atoms with Crippen LogP contribution in [0.2, 0.25) is 0 Å². The fourth-order valence-corrected chi connectivity index (χ4v) is 11.2. The van der Waals surface area contributed by atoms with Crippen LogP contribution in [0.15, 0.2) is 231 Å². The Kier molecular flexibility index (Phi) is 24.2. The molecule has 0 unspecified atom stereocenters. The van der Waals surface area contributed by atoms with E-state index < -0.39 is 15.8 Å². The summed E-state index contributed by atoms with van der Waals surface area (Å²) in [4.78, 5) is 0. The Bertz CT molecular complexity index is 1800. The maximum absolute atomic E-state index is 8.50. The van der Waals surface area contributed by atoms with Crippen molar-refractivity contribution in [2.75, 3.05) is 13.2 Å². The summed E-state index contributed by atoms with van der Waals surface area (Å²) in [6.07, 6.45) is 1.42. The van der Waals surface area contributed by atoms with Gasteiger partial charge in [-0.3, -0.25) is 0 Å². The third-order valence-corrected chi connectivity index (χ3v) is 14.1. The summed E-state index contributed by atoms with van der Waals surface area (Å²) in [7, 11) is -1.75. The van der Waals surface area contributed by atoms with Gasteiger partial charge < -0.3 is 10.2 Å². The van der Waals surface area contributed by atoms with E-state index in [1.54, 1.807) is 0 Å². The number of rotatable bonds is 10. The molecule has 0 bridgehead atoms. The molecule has 0 atom stereocenters. The van der Waals surface area contributed by atoms with Crippen LogP contribution in [0.1, 0.15) is 11.1 Å². The van der Waals surface area contributed by atoms with Gasteiger partial charge in [0.25, 0.3) is 0 Å². The monoisotopic (exact) mass is 980 g/mol. The Balaban J connectivity index is 0.000000217. The predicted molar refractivity (Wildman–Crippen MR) is 245 cm³/mol. The van der Waals surface area contributed by atoms with E-state index >= 15 is 0 Å². The van der Waals surface area contributed by atoms with Crippen molar-refractivity contribution in [1.29, 1.82) is 0 Å². The molecular weight excluding hydrogens is 931 g/mol. The van der Waals surface area contributed by atoms with Crippen LogP contribution in [0.5, 0.6) is 0 Å². The van der Waals surface area contributed by atoms with Crippen LogP contribution in [0.25, 0.3) is 0 Å². The van der Waals surface area contributed by atoms with Crippen molar-refractivity contribution in [1.82, 2.24) is 0 Å². The van der Waals surface area contributed by atoms with Crippen LogP contribution in [-0.2, 0) is 53.7 Å². The first kappa shape index (κ1) is 48.2. The molecule has 8 aromatic rings. The summed E-state index contributed by atoms with van der Waals surface area (Å²) in [6.45, 7) is 0.418. The minimum atomic E-state index is -0.877. The smallest absolute Gasteiger partial charge is 0.102 e. The molecule has 8 aromatic carbocycles. The van der Waals surface area contributed by atoms with Crippen molar-refractivity contribution in [2.24, 2.45) is 0 Å². The second-order valence-corrected chi connectivity index (χ2v) is 17.6. The van der Waals surface area contributed by atoms with E-state index in [-0.39, 0.29) is 54.1 Å². The Morgan fingerprint density at radius 1 is 0.293 bits per heavy atom. The zero-order valence-electron chi connectivity index (χ0n) is 32.3. The molecule has 2 N–H and O–H groups in total. The minimum Gasteiger partial charge on any atom is -0.396 e. The van der Waals surface area contributed by atoms with E-state index in [1.165, 1.54) is 31.8 Å². The molecule has 58 heavy (non-hydrogen) atoms. The zero-order chi connectivity index (χ0) is 38.9. The molecule has 300 valence electrons. The Morgan fingerprint density at radius 3 is 0.672 bits per heavy atom. The fourth-order valence-electron chi connectivity index (χ4n) is 6.04. The third kappa shape index (κ3) is 16.6. The van der Waals surface area contributed by atoms with E-state index in [4.69, 9.17) is 10.2 Å². The first-order valence-corrected chi connectivity index (χ1v) is 22.0. The maximum atomic E-state index is 8.50. The summed E-state index contributed by atoms with van der Waals surface area (Å²) in [5.74, 6) is 0. The van der Waals surface area contributed by atoms with Gasteiger partial charge in [-0.2, -0.15) is 71.8 Å². The number of hydrogen-bond acceptors (Lipinski definition) is 2. The van der Waals surface area contributed by atoms with Gasteiger partial charge in [-0.05, 0) is 85.6 Å². The van der Waals surface area contributed by atoms with Gasteiger partial charge in [0.05, 0.1) is 15.8 Å². The zero-order valence-corrected chi connectivity index (χ0v) is 37.4. The molecule has 0 aliphatic heterocycles. The van der Waals surface area contributed by atoms with Gasteiger partial charge in [0.1, 0.15) is 31.8 Å². The predicted octanol–water partition coefficient (Wildman–Crippen LogP) is 8.39. The van der Waals surface area contributed by atoms with Gasteiger partial charge >= 0.3 is 0 Å². The molecule has 0 heterocycles. The quantitative estimate of drug-likeness (QED) is 0.0823. The summed E-state index contributed by atoms with van der Waals surface area (Å²) in [5.41, 5.74) is 2.14. The van der Waals surface area contributed by atoms with E-state index in [2.05, 4.69) is 194 Å². The number of aliphatic hydroxyl groups excluding tert-OH is 2. The molecule has 0 spiro atoms. The standard InChI is InChI=1S/2C18H15P.2C8H9O.2Pd/c2*1-4-10-16(11-5-1)19(17-12-6-2-7-13-17)18-14-8-3-9-15-18;2*9-7-6-8-4-2-1-3-5-8;;/h2*1-15H;2*1-4,9H,6-7H2;;/q;;2*-1;;/p+2. The third-order valence-electron chi connectivity index (χ3n) is 8.68. The molecule has 0 amide bonds. The van der Waals surface area contributed by atoms with Crippen LogP contribution >= 0.6 is 15.8 Å². The molecule has 8 rings (SSSR count). The molecule has 0 aromatic heterocycles. The molecule has 2 nitrogen and oxygen atoms in total. The summed E-state index contributed by atoms with van der Waals surface area (Å²) in [5, 5.41) is 25.6. The van der Waals surface area contributed by atoms with E-state index in [0.717, 1.165) is 11.1 Å². The molecule has 0 saturated heterocycles. The van der Waals surface area contributed by atoms with Gasteiger partial charge in [0.15, 0.2) is 0 Å². The molecule has 0 aliphatic carbocycles. The van der Waals surface area contributed by atoms with Crippen molar-refractivity contribution in [2.45, 2.75) is 12.8 Å². The van der Waals surface area contributed by atoms with E-state index in [1.807, 2.05) is 48.5 Å². The van der Waals surface area contributed by atoms with Crippen LogP contribution in [-0.4, -0.2) is 23.4 Å². The number of benzene rings is 8. The van der Waals surface area contributed by atoms with Crippen LogP contribution < -0.4 is 31.8 Å². The molecule has 6 heteroatoms. The first-order chi connectivity index (χ1) is 27.8. The van der Waals surface area contributed by atoms with Gasteiger partial charge in [-0.15, -0.1) is 0 Å². The SMILES string of the molecule is OCCc1[c-]cccc1.OCCc1[c-]cccc1.[Pd].[Pd].c1ccc([PH+](c2ccccc2)c2ccccc2)cc1.c1ccc([PH+](c2ccccc2)c2ccccc2)cc1. The maximum Gasteiger partial charge on any atom is 0.102 e. The molecule has 0 fully saturated rings. The Hall–Kier alpha value is -4.14. The second kappa shape index (κ2) is 29.1. The van der Waals surface area contributed by atoms with Crippen molar-refractivity contribution < 1.29 is 51.1 Å². The Morgan fingerprint density at radius 2 is 0.500 bits per heavy atom. The van der Waals surface area contributed by atoms with Crippen LogP contribution in [0.4, 0.5) is 0 Å². The molecular formula is C52H50O2P2Pd2. The summed E-state index contributed by atoms with van der Waals surface area (Å²) in [6, 6.07) is 86.4. The average molecular weight is 982 g/mol. The Labute approximate surface area is 375 Å². The molecule has 0 aliphatic rings.